The van der Waals surface area contributed by atoms with Crippen LogP contribution in [0.2, 0.25) is 0 Å². The predicted molar refractivity (Wildman–Crippen MR) is 76.1 cm³/mol. The van der Waals surface area contributed by atoms with Gasteiger partial charge in [-0.2, -0.15) is 18.3 Å². The van der Waals surface area contributed by atoms with Gasteiger partial charge in [0.25, 0.3) is 0 Å². The van der Waals surface area contributed by atoms with Crippen LogP contribution in [0.5, 0.6) is 11.6 Å². The number of primary amides is 1. The highest BCUT2D eigenvalue weighted by Gasteiger charge is 2.30. The van der Waals surface area contributed by atoms with E-state index in [4.69, 9.17) is 10.5 Å². The number of nitrogens with zero attached hydrogens (tertiary/aromatic N) is 2. The van der Waals surface area contributed by atoms with E-state index in [1.54, 1.807) is 24.3 Å². The Bertz CT molecular complexity index is 697. The lowest BCUT2D eigenvalue weighted by Gasteiger charge is -2.08. The molecule has 1 aromatic heterocycles. The number of benzene rings is 1. The summed E-state index contributed by atoms with van der Waals surface area (Å²) in [4.78, 5) is 14.0. The van der Waals surface area contributed by atoms with Gasteiger partial charge in [0.2, 0.25) is 5.88 Å². The Labute approximate surface area is 128 Å². The molecular formula is C14H11F3N4O2. The second-order valence-corrected chi connectivity index (χ2v) is 4.29. The van der Waals surface area contributed by atoms with E-state index in [1.165, 1.54) is 6.21 Å². The minimum Gasteiger partial charge on any atom is -0.439 e. The van der Waals surface area contributed by atoms with Crippen LogP contribution in [0.25, 0.3) is 0 Å². The number of nitrogens with one attached hydrogen (secondary N) is 1. The molecule has 2 amide bonds. The fourth-order valence-corrected chi connectivity index (χ4v) is 1.52. The highest BCUT2D eigenvalue weighted by Crippen LogP contribution is 2.30. The monoisotopic (exact) mass is 324 g/mol. The van der Waals surface area contributed by atoms with Crippen molar-refractivity contribution in [2.45, 2.75) is 6.18 Å². The summed E-state index contributed by atoms with van der Waals surface area (Å²) < 4.78 is 42.6. The Balaban J connectivity index is 2.00. The number of hydrazone groups is 1. The Hall–Kier alpha value is -3.10. The fourth-order valence-electron chi connectivity index (χ4n) is 1.52. The number of aromatic nitrogens is 1. The molecule has 0 spiro atoms. The van der Waals surface area contributed by atoms with Crippen molar-refractivity contribution >= 4 is 12.2 Å². The standard InChI is InChI=1S/C14H11F3N4O2/c15-14(16,17)10-3-6-12(19-8-10)23-11-4-1-9(2-5-11)7-20-21-13(18)22/h1-8H,(H3,18,21,22). The number of hydrogen-bond acceptors (Lipinski definition) is 4. The van der Waals surface area contributed by atoms with E-state index in [0.717, 1.165) is 12.1 Å². The molecule has 0 atom stereocenters. The number of rotatable bonds is 4. The lowest BCUT2D eigenvalue weighted by atomic mass is 10.2. The molecule has 2 aromatic rings. The molecule has 23 heavy (non-hydrogen) atoms. The van der Waals surface area contributed by atoms with Crippen molar-refractivity contribution in [2.24, 2.45) is 10.8 Å². The minimum absolute atomic E-state index is 0.0369. The summed E-state index contributed by atoms with van der Waals surface area (Å²) in [5.41, 5.74) is 6.69. The van der Waals surface area contributed by atoms with Gasteiger partial charge in [0.1, 0.15) is 5.75 Å². The molecule has 120 valence electrons. The second-order valence-electron chi connectivity index (χ2n) is 4.29. The van der Waals surface area contributed by atoms with Crippen LogP contribution in [0.3, 0.4) is 0 Å². The Morgan fingerprint density at radius 1 is 1.22 bits per heavy atom. The predicted octanol–water partition coefficient (Wildman–Crippen LogP) is 2.89. The zero-order valence-corrected chi connectivity index (χ0v) is 11.5. The maximum absolute atomic E-state index is 12.4. The molecule has 0 bridgehead atoms. The number of carbonyl (C=O) groups is 1. The zero-order chi connectivity index (χ0) is 16.9. The van der Waals surface area contributed by atoms with Crippen molar-refractivity contribution < 1.29 is 22.7 Å². The van der Waals surface area contributed by atoms with Crippen molar-refractivity contribution in [1.29, 1.82) is 0 Å². The molecule has 0 unspecified atom stereocenters. The lowest BCUT2D eigenvalue weighted by Crippen LogP contribution is -2.24. The number of alkyl halides is 3. The molecule has 3 N–H and O–H groups in total. The summed E-state index contributed by atoms with van der Waals surface area (Å²) in [5, 5.41) is 3.58. The smallest absolute Gasteiger partial charge is 0.417 e. The molecule has 0 aliphatic heterocycles. The van der Waals surface area contributed by atoms with Crippen LogP contribution >= 0.6 is 0 Å². The van der Waals surface area contributed by atoms with E-state index in [1.807, 2.05) is 5.43 Å². The summed E-state index contributed by atoms with van der Waals surface area (Å²) in [5.74, 6) is 0.423. The zero-order valence-electron chi connectivity index (χ0n) is 11.5. The Morgan fingerprint density at radius 2 is 1.91 bits per heavy atom. The van der Waals surface area contributed by atoms with Gasteiger partial charge >= 0.3 is 12.2 Å². The van der Waals surface area contributed by atoms with Gasteiger partial charge < -0.3 is 10.5 Å². The van der Waals surface area contributed by atoms with Crippen LogP contribution in [0, 0.1) is 0 Å². The summed E-state index contributed by atoms with van der Waals surface area (Å²) in [7, 11) is 0. The van der Waals surface area contributed by atoms with Gasteiger partial charge in [-0.15, -0.1) is 0 Å². The van der Waals surface area contributed by atoms with Gasteiger partial charge in [-0.25, -0.2) is 15.2 Å². The molecule has 0 aliphatic rings. The van der Waals surface area contributed by atoms with Crippen molar-refractivity contribution in [3.63, 3.8) is 0 Å². The molecular weight excluding hydrogens is 313 g/mol. The molecule has 0 fully saturated rings. The number of halogens is 3. The number of ether oxygens (including phenoxy) is 1. The Kier molecular flexibility index (Phi) is 4.79. The first-order chi connectivity index (χ1) is 10.8. The van der Waals surface area contributed by atoms with E-state index in [2.05, 4.69) is 10.1 Å². The Morgan fingerprint density at radius 3 is 2.43 bits per heavy atom. The number of urea groups is 1. The topological polar surface area (TPSA) is 89.6 Å². The average molecular weight is 324 g/mol. The number of amides is 2. The maximum atomic E-state index is 12.4. The first-order valence-electron chi connectivity index (χ1n) is 6.24. The second kappa shape index (κ2) is 6.77. The largest absolute Gasteiger partial charge is 0.439 e. The third-order valence-corrected chi connectivity index (χ3v) is 2.55. The number of nitrogens with two attached hydrogens (primary N) is 1. The van der Waals surface area contributed by atoms with Crippen LogP contribution < -0.4 is 15.9 Å². The van der Waals surface area contributed by atoms with Crippen LogP contribution in [-0.4, -0.2) is 17.2 Å². The number of pyridine rings is 1. The molecule has 0 saturated heterocycles. The van der Waals surface area contributed by atoms with Crippen LogP contribution in [0.1, 0.15) is 11.1 Å². The fraction of sp³-hybridized carbons (Fsp3) is 0.0714. The van der Waals surface area contributed by atoms with Gasteiger partial charge in [0, 0.05) is 12.3 Å². The van der Waals surface area contributed by atoms with Gasteiger partial charge in [0.05, 0.1) is 11.8 Å². The van der Waals surface area contributed by atoms with Gasteiger partial charge in [-0.3, -0.25) is 0 Å². The molecule has 1 aromatic carbocycles. The normalized spacial score (nSPS) is 11.4. The van der Waals surface area contributed by atoms with Crippen LogP contribution in [0.15, 0.2) is 47.7 Å². The van der Waals surface area contributed by atoms with Crippen LogP contribution in [0.4, 0.5) is 18.0 Å². The molecule has 0 radical (unpaired) electrons. The highest BCUT2D eigenvalue weighted by atomic mass is 19.4. The maximum Gasteiger partial charge on any atom is 0.417 e. The van der Waals surface area contributed by atoms with Gasteiger partial charge in [-0.05, 0) is 35.9 Å². The molecule has 9 heteroatoms. The van der Waals surface area contributed by atoms with Crippen molar-refractivity contribution in [1.82, 2.24) is 10.4 Å². The van der Waals surface area contributed by atoms with E-state index in [0.29, 0.717) is 17.5 Å². The summed E-state index contributed by atoms with van der Waals surface area (Å²) >= 11 is 0. The van der Waals surface area contributed by atoms with E-state index in [9.17, 15) is 18.0 Å². The third-order valence-electron chi connectivity index (χ3n) is 2.55. The van der Waals surface area contributed by atoms with Crippen molar-refractivity contribution in [3.05, 3.63) is 53.7 Å². The average Bonchev–Trinajstić information content (AvgIpc) is 2.48. The van der Waals surface area contributed by atoms with Crippen molar-refractivity contribution in [3.8, 4) is 11.6 Å². The first kappa shape index (κ1) is 16.3. The van der Waals surface area contributed by atoms with Crippen LogP contribution in [-0.2, 0) is 6.18 Å². The van der Waals surface area contributed by atoms with E-state index < -0.39 is 17.8 Å². The summed E-state index contributed by atoms with van der Waals surface area (Å²) in [6.45, 7) is 0. The molecule has 0 aliphatic carbocycles. The van der Waals surface area contributed by atoms with E-state index in [-0.39, 0.29) is 5.88 Å². The SMILES string of the molecule is NC(=O)NN=Cc1ccc(Oc2ccc(C(F)(F)F)cn2)cc1. The summed E-state index contributed by atoms with van der Waals surface area (Å²) in [6.07, 6.45) is -2.37. The first-order valence-corrected chi connectivity index (χ1v) is 6.24. The van der Waals surface area contributed by atoms with Gasteiger partial charge in [0.15, 0.2) is 0 Å². The molecule has 1 heterocycles. The summed E-state index contributed by atoms with van der Waals surface area (Å²) in [6, 6.07) is 7.65. The lowest BCUT2D eigenvalue weighted by molar-refractivity contribution is -0.137. The molecule has 2 rings (SSSR count). The minimum atomic E-state index is -4.44. The van der Waals surface area contributed by atoms with E-state index >= 15 is 0 Å². The molecule has 0 saturated carbocycles. The number of carbonyl (C=O) groups excluding carboxylic acids is 1. The highest BCUT2D eigenvalue weighted by molar-refractivity contribution is 5.81. The van der Waals surface area contributed by atoms with Crippen molar-refractivity contribution in [2.75, 3.05) is 0 Å². The third kappa shape index (κ3) is 4.99. The number of hydrogen-bond donors (Lipinski definition) is 2. The quantitative estimate of drug-likeness (QED) is 0.669. The molecule has 6 nitrogen and oxygen atoms in total. The van der Waals surface area contributed by atoms with Gasteiger partial charge in [-0.1, -0.05) is 0 Å².